The summed E-state index contributed by atoms with van der Waals surface area (Å²) < 4.78 is 0. The van der Waals surface area contributed by atoms with Crippen molar-refractivity contribution in [2.75, 3.05) is 6.54 Å². The van der Waals surface area contributed by atoms with E-state index < -0.39 is 5.97 Å². The van der Waals surface area contributed by atoms with Crippen LogP contribution >= 0.6 is 0 Å². The van der Waals surface area contributed by atoms with Gasteiger partial charge in [0.15, 0.2) is 0 Å². The van der Waals surface area contributed by atoms with Gasteiger partial charge in [-0.2, -0.15) is 0 Å². The zero-order chi connectivity index (χ0) is 13.5. The van der Waals surface area contributed by atoms with Gasteiger partial charge >= 0.3 is 5.97 Å². The monoisotopic (exact) mass is 253 g/mol. The highest BCUT2D eigenvalue weighted by atomic mass is 16.4. The van der Waals surface area contributed by atoms with E-state index in [2.05, 4.69) is 12.2 Å². The number of amides is 1. The topological polar surface area (TPSA) is 57.6 Å². The Morgan fingerprint density at radius 3 is 2.67 bits per heavy atom. The summed E-state index contributed by atoms with van der Waals surface area (Å²) in [7, 11) is 0. The molecule has 0 saturated carbocycles. The minimum atomic E-state index is -0.801. The van der Waals surface area contributed by atoms with E-state index in [-0.39, 0.29) is 18.4 Å². The summed E-state index contributed by atoms with van der Waals surface area (Å²) in [6, 6.07) is 0.136. The van der Waals surface area contributed by atoms with E-state index in [1.54, 1.807) is 4.90 Å². The van der Waals surface area contributed by atoms with Gasteiger partial charge in [-0.15, -0.1) is 0 Å². The summed E-state index contributed by atoms with van der Waals surface area (Å²) in [6.07, 6.45) is 7.59. The SMILES string of the molecule is CC(C)N(CCCC(=O)O)C(=O)CC1C=CCC1. The molecule has 1 N–H and O–H groups in total. The molecule has 1 amide bonds. The van der Waals surface area contributed by atoms with Crippen LogP contribution in [-0.4, -0.2) is 34.5 Å². The molecule has 1 aliphatic carbocycles. The maximum Gasteiger partial charge on any atom is 0.303 e. The van der Waals surface area contributed by atoms with Crippen LogP contribution in [0.15, 0.2) is 12.2 Å². The quantitative estimate of drug-likeness (QED) is 0.709. The van der Waals surface area contributed by atoms with E-state index in [9.17, 15) is 9.59 Å². The van der Waals surface area contributed by atoms with E-state index >= 15 is 0 Å². The first-order valence-corrected chi connectivity index (χ1v) is 6.68. The fraction of sp³-hybridized carbons (Fsp3) is 0.714. The number of carbonyl (C=O) groups is 2. The van der Waals surface area contributed by atoms with Crippen LogP contribution in [0, 0.1) is 5.92 Å². The number of aliphatic carboxylic acids is 1. The molecule has 1 aliphatic rings. The molecule has 1 rings (SSSR count). The fourth-order valence-corrected chi connectivity index (χ4v) is 2.28. The molecule has 102 valence electrons. The predicted molar refractivity (Wildman–Crippen MR) is 70.2 cm³/mol. The maximum atomic E-state index is 12.2. The van der Waals surface area contributed by atoms with Crippen LogP contribution in [0.25, 0.3) is 0 Å². The van der Waals surface area contributed by atoms with Gasteiger partial charge in [-0.3, -0.25) is 9.59 Å². The average molecular weight is 253 g/mol. The molecule has 0 saturated heterocycles. The Morgan fingerprint density at radius 1 is 1.44 bits per heavy atom. The lowest BCUT2D eigenvalue weighted by Crippen LogP contribution is -2.38. The Morgan fingerprint density at radius 2 is 2.17 bits per heavy atom. The summed E-state index contributed by atoms with van der Waals surface area (Å²) in [5, 5.41) is 8.62. The van der Waals surface area contributed by atoms with Crippen LogP contribution in [0.4, 0.5) is 0 Å². The molecule has 0 bridgehead atoms. The molecule has 4 heteroatoms. The highest BCUT2D eigenvalue weighted by Gasteiger charge is 2.21. The van der Waals surface area contributed by atoms with E-state index in [4.69, 9.17) is 5.11 Å². The smallest absolute Gasteiger partial charge is 0.303 e. The Hall–Kier alpha value is -1.32. The molecule has 0 radical (unpaired) electrons. The molecule has 0 fully saturated rings. The summed E-state index contributed by atoms with van der Waals surface area (Å²) in [6.45, 7) is 4.49. The Labute approximate surface area is 109 Å². The first kappa shape index (κ1) is 14.7. The van der Waals surface area contributed by atoms with Gasteiger partial charge in [-0.05, 0) is 39.0 Å². The summed E-state index contributed by atoms with van der Waals surface area (Å²) in [5.41, 5.74) is 0. The van der Waals surface area contributed by atoms with Gasteiger partial charge in [0.25, 0.3) is 0 Å². The van der Waals surface area contributed by atoms with Gasteiger partial charge in [0, 0.05) is 25.4 Å². The zero-order valence-electron chi connectivity index (χ0n) is 11.3. The third-order valence-electron chi connectivity index (χ3n) is 3.28. The number of carboxylic acids is 1. The number of carbonyl (C=O) groups excluding carboxylic acids is 1. The Balaban J connectivity index is 2.41. The van der Waals surface area contributed by atoms with E-state index in [0.717, 1.165) is 12.8 Å². The lowest BCUT2D eigenvalue weighted by molar-refractivity contribution is -0.138. The number of nitrogens with zero attached hydrogens (tertiary/aromatic N) is 1. The second-order valence-corrected chi connectivity index (χ2v) is 5.15. The predicted octanol–water partition coefficient (Wildman–Crippen LogP) is 2.44. The second-order valence-electron chi connectivity index (χ2n) is 5.15. The normalized spacial score (nSPS) is 18.3. The van der Waals surface area contributed by atoms with Crippen molar-refractivity contribution >= 4 is 11.9 Å². The molecule has 4 nitrogen and oxygen atoms in total. The average Bonchev–Trinajstić information content (AvgIpc) is 2.75. The molecule has 0 aromatic rings. The summed E-state index contributed by atoms with van der Waals surface area (Å²) in [5.74, 6) is -0.282. The molecule has 1 unspecified atom stereocenters. The minimum absolute atomic E-state index is 0.125. The van der Waals surface area contributed by atoms with Gasteiger partial charge in [-0.25, -0.2) is 0 Å². The van der Waals surface area contributed by atoms with Gasteiger partial charge in [0.05, 0.1) is 0 Å². The number of hydrogen-bond acceptors (Lipinski definition) is 2. The lowest BCUT2D eigenvalue weighted by atomic mass is 10.0. The van der Waals surface area contributed by atoms with Crippen molar-refractivity contribution in [1.82, 2.24) is 4.90 Å². The molecular weight excluding hydrogens is 230 g/mol. The molecular formula is C14H23NO3. The standard InChI is InChI=1S/C14H23NO3/c1-11(2)15(9-5-8-14(17)18)13(16)10-12-6-3-4-7-12/h3,6,11-12H,4-5,7-10H2,1-2H3,(H,17,18). The third kappa shape index (κ3) is 4.90. The van der Waals surface area contributed by atoms with Crippen molar-refractivity contribution in [3.05, 3.63) is 12.2 Å². The van der Waals surface area contributed by atoms with Gasteiger partial charge in [0.1, 0.15) is 0 Å². The maximum absolute atomic E-state index is 12.2. The van der Waals surface area contributed by atoms with Crippen molar-refractivity contribution < 1.29 is 14.7 Å². The highest BCUT2D eigenvalue weighted by molar-refractivity contribution is 5.77. The largest absolute Gasteiger partial charge is 0.481 e. The Bertz CT molecular complexity index is 323. The molecule has 0 aliphatic heterocycles. The van der Waals surface area contributed by atoms with Crippen LogP contribution in [0.5, 0.6) is 0 Å². The molecule has 1 atom stereocenters. The van der Waals surface area contributed by atoms with Gasteiger partial charge in [-0.1, -0.05) is 12.2 Å². The van der Waals surface area contributed by atoms with Crippen LogP contribution in [0.3, 0.4) is 0 Å². The van der Waals surface area contributed by atoms with Crippen molar-refractivity contribution in [2.24, 2.45) is 5.92 Å². The summed E-state index contributed by atoms with van der Waals surface area (Å²) in [4.78, 5) is 24.4. The van der Waals surface area contributed by atoms with Crippen LogP contribution in [0.2, 0.25) is 0 Å². The highest BCUT2D eigenvalue weighted by Crippen LogP contribution is 2.21. The Kier molecular flexibility index (Phi) is 5.89. The lowest BCUT2D eigenvalue weighted by Gasteiger charge is -2.27. The van der Waals surface area contributed by atoms with Gasteiger partial charge < -0.3 is 10.0 Å². The molecule has 0 spiro atoms. The van der Waals surface area contributed by atoms with Crippen molar-refractivity contribution in [2.45, 2.75) is 52.0 Å². The molecule has 0 aromatic heterocycles. The second kappa shape index (κ2) is 7.19. The van der Waals surface area contributed by atoms with E-state index in [1.165, 1.54) is 0 Å². The van der Waals surface area contributed by atoms with E-state index in [0.29, 0.717) is 25.3 Å². The van der Waals surface area contributed by atoms with E-state index in [1.807, 2.05) is 13.8 Å². The first-order valence-electron chi connectivity index (χ1n) is 6.68. The zero-order valence-corrected chi connectivity index (χ0v) is 11.3. The number of carboxylic acid groups (broad SMARTS) is 1. The van der Waals surface area contributed by atoms with Crippen LogP contribution in [0.1, 0.15) is 46.0 Å². The van der Waals surface area contributed by atoms with Gasteiger partial charge in [0.2, 0.25) is 5.91 Å². The molecule has 18 heavy (non-hydrogen) atoms. The molecule has 0 aromatic carbocycles. The first-order chi connectivity index (χ1) is 8.50. The fourth-order valence-electron chi connectivity index (χ4n) is 2.28. The van der Waals surface area contributed by atoms with Crippen molar-refractivity contribution in [3.8, 4) is 0 Å². The molecule has 0 heterocycles. The van der Waals surface area contributed by atoms with Crippen molar-refractivity contribution in [1.29, 1.82) is 0 Å². The number of hydrogen-bond donors (Lipinski definition) is 1. The summed E-state index contributed by atoms with van der Waals surface area (Å²) >= 11 is 0. The number of rotatable bonds is 7. The third-order valence-corrected chi connectivity index (χ3v) is 3.28. The minimum Gasteiger partial charge on any atom is -0.481 e. The number of allylic oxidation sites excluding steroid dienone is 2. The van der Waals surface area contributed by atoms with Crippen molar-refractivity contribution in [3.63, 3.8) is 0 Å². The van der Waals surface area contributed by atoms with Crippen LogP contribution < -0.4 is 0 Å². The van der Waals surface area contributed by atoms with Crippen LogP contribution in [-0.2, 0) is 9.59 Å².